The predicted octanol–water partition coefficient (Wildman–Crippen LogP) is -1.11. The largest absolute Gasteiger partial charge is 0.478 e. The van der Waals surface area contributed by atoms with Gasteiger partial charge in [-0.1, -0.05) is 0 Å². The molecule has 0 saturated carbocycles. The molecular weight excluding hydrogens is 256 g/mol. The van der Waals surface area contributed by atoms with Crippen molar-refractivity contribution in [3.63, 3.8) is 0 Å². The molecule has 0 bridgehead atoms. The second-order valence-electron chi connectivity index (χ2n) is 3.28. The van der Waals surface area contributed by atoms with Crippen LogP contribution < -0.4 is 10.6 Å². The fourth-order valence-electron chi connectivity index (χ4n) is 0.923. The van der Waals surface area contributed by atoms with Crippen molar-refractivity contribution in [2.24, 2.45) is 0 Å². The van der Waals surface area contributed by atoms with E-state index in [9.17, 15) is 19.2 Å². The Hall–Kier alpha value is -2.64. The highest BCUT2D eigenvalue weighted by molar-refractivity contribution is 5.94. The Morgan fingerprint density at radius 3 is 1.42 bits per heavy atom. The van der Waals surface area contributed by atoms with E-state index in [2.05, 4.69) is 10.6 Å². The lowest BCUT2D eigenvalue weighted by Crippen LogP contribution is -2.28. The minimum Gasteiger partial charge on any atom is -0.478 e. The van der Waals surface area contributed by atoms with Gasteiger partial charge in [0.25, 0.3) is 0 Å². The number of hydrogen-bond acceptors (Lipinski definition) is 4. The molecule has 8 heteroatoms. The van der Waals surface area contributed by atoms with Crippen LogP contribution in [0.1, 0.15) is 6.42 Å². The number of nitrogens with one attached hydrogen (secondary N) is 2. The van der Waals surface area contributed by atoms with Crippen molar-refractivity contribution in [1.29, 1.82) is 0 Å². The molecule has 0 spiro atoms. The summed E-state index contributed by atoms with van der Waals surface area (Å²) in [5.74, 6) is -3.51. The van der Waals surface area contributed by atoms with Crippen LogP contribution in [0.2, 0.25) is 0 Å². The first-order valence-corrected chi connectivity index (χ1v) is 5.29. The second kappa shape index (κ2) is 9.40. The Morgan fingerprint density at radius 1 is 0.737 bits per heavy atom. The van der Waals surface area contributed by atoms with Gasteiger partial charge in [-0.2, -0.15) is 0 Å². The zero-order valence-electron chi connectivity index (χ0n) is 9.96. The summed E-state index contributed by atoms with van der Waals surface area (Å²) >= 11 is 0. The fraction of sp³-hybridized carbons (Fsp3) is 0.273. The number of carboxylic acid groups (broad SMARTS) is 2. The Kier molecular flexibility index (Phi) is 8.09. The van der Waals surface area contributed by atoms with Crippen LogP contribution in [0.5, 0.6) is 0 Å². The number of hydrogen-bond donors (Lipinski definition) is 4. The van der Waals surface area contributed by atoms with Crippen LogP contribution in [0.4, 0.5) is 0 Å². The predicted molar refractivity (Wildman–Crippen MR) is 64.2 cm³/mol. The molecule has 0 rings (SSSR count). The summed E-state index contributed by atoms with van der Waals surface area (Å²) in [6.07, 6.45) is 3.63. The third kappa shape index (κ3) is 11.6. The first kappa shape index (κ1) is 16.4. The molecule has 4 N–H and O–H groups in total. The van der Waals surface area contributed by atoms with Gasteiger partial charge in [-0.15, -0.1) is 0 Å². The van der Waals surface area contributed by atoms with Gasteiger partial charge in [-0.25, -0.2) is 9.59 Å². The maximum absolute atomic E-state index is 11.0. The van der Waals surface area contributed by atoms with Gasteiger partial charge in [-0.05, 0) is 6.42 Å². The highest BCUT2D eigenvalue weighted by Gasteiger charge is 1.98. The molecule has 0 aromatic carbocycles. The number of rotatable bonds is 8. The molecule has 0 aliphatic rings. The number of amides is 2. The van der Waals surface area contributed by atoms with Crippen LogP contribution in [0, 0.1) is 0 Å². The van der Waals surface area contributed by atoms with Gasteiger partial charge in [0.15, 0.2) is 0 Å². The van der Waals surface area contributed by atoms with Crippen molar-refractivity contribution >= 4 is 23.8 Å². The highest BCUT2D eigenvalue weighted by Crippen LogP contribution is 1.79. The van der Waals surface area contributed by atoms with E-state index in [4.69, 9.17) is 10.2 Å². The van der Waals surface area contributed by atoms with E-state index in [0.29, 0.717) is 18.6 Å². The standard InChI is InChI=1S/C11H14N2O6/c14-8(2-4-10(16)17)12-6-1-7-13-9(15)3-5-11(18)19/h2-5H,1,6-7H2,(H,12,14)(H,13,15)(H,16,17)(H,18,19)/b4-2-,5-3-. The SMILES string of the molecule is O=C(O)/C=C\C(=O)NCCCNC(=O)/C=C\C(=O)O. The normalized spacial score (nSPS) is 10.5. The molecule has 8 nitrogen and oxygen atoms in total. The molecule has 0 unspecified atom stereocenters. The Labute approximate surface area is 108 Å². The minimum atomic E-state index is -1.22. The van der Waals surface area contributed by atoms with E-state index in [1.807, 2.05) is 0 Å². The highest BCUT2D eigenvalue weighted by atomic mass is 16.4. The molecule has 0 radical (unpaired) electrons. The zero-order valence-corrected chi connectivity index (χ0v) is 9.96. The third-order valence-corrected chi connectivity index (χ3v) is 1.71. The van der Waals surface area contributed by atoms with Crippen LogP contribution in [-0.2, 0) is 19.2 Å². The number of aliphatic carboxylic acids is 2. The Bertz CT molecular complexity index is 375. The molecule has 19 heavy (non-hydrogen) atoms. The quantitative estimate of drug-likeness (QED) is 0.326. The van der Waals surface area contributed by atoms with Crippen molar-refractivity contribution in [1.82, 2.24) is 10.6 Å². The Morgan fingerprint density at radius 2 is 1.11 bits per heavy atom. The number of carbonyl (C=O) groups is 4. The summed E-state index contributed by atoms with van der Waals surface area (Å²) in [5, 5.41) is 21.3. The van der Waals surface area contributed by atoms with Crippen LogP contribution in [-0.4, -0.2) is 47.1 Å². The lowest BCUT2D eigenvalue weighted by atomic mass is 10.4. The summed E-state index contributed by atoms with van der Waals surface area (Å²) in [6.45, 7) is 0.511. The van der Waals surface area contributed by atoms with E-state index in [1.54, 1.807) is 0 Å². The molecule has 0 fully saturated rings. The molecule has 0 saturated heterocycles. The molecule has 0 aromatic rings. The second-order valence-corrected chi connectivity index (χ2v) is 3.28. The van der Waals surface area contributed by atoms with Crippen molar-refractivity contribution in [2.45, 2.75) is 6.42 Å². The van der Waals surface area contributed by atoms with Crippen LogP contribution in [0.25, 0.3) is 0 Å². The molecule has 0 aliphatic heterocycles. The van der Waals surface area contributed by atoms with Gasteiger partial charge >= 0.3 is 11.9 Å². The molecule has 104 valence electrons. The topological polar surface area (TPSA) is 133 Å². The van der Waals surface area contributed by atoms with Gasteiger partial charge in [0.1, 0.15) is 0 Å². The molecule has 0 aromatic heterocycles. The summed E-state index contributed by atoms with van der Waals surface area (Å²) in [4.78, 5) is 42.2. The minimum absolute atomic E-state index is 0.256. The molecule has 0 heterocycles. The van der Waals surface area contributed by atoms with E-state index in [1.165, 1.54) is 0 Å². The molecule has 0 atom stereocenters. The number of carbonyl (C=O) groups excluding carboxylic acids is 2. The van der Waals surface area contributed by atoms with E-state index in [0.717, 1.165) is 12.2 Å². The van der Waals surface area contributed by atoms with Crippen LogP contribution in [0.3, 0.4) is 0 Å². The third-order valence-electron chi connectivity index (χ3n) is 1.71. The molecule has 0 aliphatic carbocycles. The number of carboxylic acids is 2. The van der Waals surface area contributed by atoms with Crippen LogP contribution in [0.15, 0.2) is 24.3 Å². The monoisotopic (exact) mass is 270 g/mol. The van der Waals surface area contributed by atoms with E-state index in [-0.39, 0.29) is 13.1 Å². The first-order chi connectivity index (χ1) is 8.91. The lowest BCUT2D eigenvalue weighted by molar-refractivity contribution is -0.132. The van der Waals surface area contributed by atoms with Crippen molar-refractivity contribution in [3.05, 3.63) is 24.3 Å². The first-order valence-electron chi connectivity index (χ1n) is 5.29. The van der Waals surface area contributed by atoms with Gasteiger partial charge in [-0.3, -0.25) is 9.59 Å². The smallest absolute Gasteiger partial charge is 0.328 e. The van der Waals surface area contributed by atoms with E-state index >= 15 is 0 Å². The summed E-state index contributed by atoms with van der Waals surface area (Å²) in [7, 11) is 0. The molecular formula is C11H14N2O6. The van der Waals surface area contributed by atoms with E-state index < -0.39 is 23.8 Å². The van der Waals surface area contributed by atoms with Crippen molar-refractivity contribution in [3.8, 4) is 0 Å². The zero-order chi connectivity index (χ0) is 14.7. The van der Waals surface area contributed by atoms with Gasteiger partial charge in [0.2, 0.25) is 11.8 Å². The average Bonchev–Trinajstić information content (AvgIpc) is 2.33. The average molecular weight is 270 g/mol. The maximum atomic E-state index is 11.0. The van der Waals surface area contributed by atoms with Gasteiger partial charge < -0.3 is 20.8 Å². The summed E-state index contributed by atoms with van der Waals surface area (Å²) in [6, 6.07) is 0. The Balaban J connectivity index is 3.65. The van der Waals surface area contributed by atoms with Gasteiger partial charge in [0.05, 0.1) is 0 Å². The summed E-state index contributed by atoms with van der Waals surface area (Å²) in [5.41, 5.74) is 0. The van der Waals surface area contributed by atoms with Crippen LogP contribution >= 0.6 is 0 Å². The van der Waals surface area contributed by atoms with Gasteiger partial charge in [0, 0.05) is 37.4 Å². The summed E-state index contributed by atoms with van der Waals surface area (Å²) < 4.78 is 0. The fourth-order valence-corrected chi connectivity index (χ4v) is 0.923. The lowest BCUT2D eigenvalue weighted by Gasteiger charge is -2.03. The van der Waals surface area contributed by atoms with Crippen molar-refractivity contribution < 1.29 is 29.4 Å². The maximum Gasteiger partial charge on any atom is 0.328 e. The van der Waals surface area contributed by atoms with Crippen molar-refractivity contribution in [2.75, 3.05) is 13.1 Å². The molecule has 2 amide bonds.